The third kappa shape index (κ3) is 2.50. The van der Waals surface area contributed by atoms with E-state index < -0.39 is 0 Å². The van der Waals surface area contributed by atoms with Crippen molar-refractivity contribution < 1.29 is 14.6 Å². The Balaban J connectivity index is 1.87. The molecule has 0 radical (unpaired) electrons. The van der Waals surface area contributed by atoms with Crippen LogP contribution in [0.4, 0.5) is 0 Å². The van der Waals surface area contributed by atoms with Crippen LogP contribution in [0.15, 0.2) is 45.2 Å². The van der Waals surface area contributed by atoms with Gasteiger partial charge in [0.05, 0.1) is 0 Å². The highest BCUT2D eigenvalue weighted by Crippen LogP contribution is 2.16. The molecule has 8 nitrogen and oxygen atoms in total. The van der Waals surface area contributed by atoms with Crippen LogP contribution in [0, 0.1) is 0 Å². The van der Waals surface area contributed by atoms with Crippen LogP contribution < -0.4 is 5.43 Å². The molecule has 1 amide bonds. The SMILES string of the molecule is O=C(N/N=C1/C(=N\O)CCc2nonc21)c1ccccc1. The summed E-state index contributed by atoms with van der Waals surface area (Å²) in [6.45, 7) is 0. The maximum Gasteiger partial charge on any atom is 0.271 e. The summed E-state index contributed by atoms with van der Waals surface area (Å²) in [7, 11) is 0. The van der Waals surface area contributed by atoms with Crippen molar-refractivity contribution in [3.63, 3.8) is 0 Å². The third-order valence-electron chi connectivity index (χ3n) is 3.08. The highest BCUT2D eigenvalue weighted by Gasteiger charge is 2.27. The van der Waals surface area contributed by atoms with E-state index in [4.69, 9.17) is 5.21 Å². The number of nitrogens with zero attached hydrogens (tertiary/aromatic N) is 4. The van der Waals surface area contributed by atoms with Gasteiger partial charge in [0.25, 0.3) is 5.91 Å². The Morgan fingerprint density at radius 3 is 2.81 bits per heavy atom. The molecule has 0 unspecified atom stereocenters. The second-order valence-corrected chi connectivity index (χ2v) is 4.37. The van der Waals surface area contributed by atoms with E-state index in [0.29, 0.717) is 35.5 Å². The molecule has 0 saturated heterocycles. The molecule has 0 aliphatic heterocycles. The van der Waals surface area contributed by atoms with E-state index in [2.05, 4.69) is 30.6 Å². The van der Waals surface area contributed by atoms with Crippen molar-refractivity contribution >= 4 is 17.3 Å². The van der Waals surface area contributed by atoms with Crippen LogP contribution in [0.2, 0.25) is 0 Å². The average molecular weight is 285 g/mol. The molecule has 21 heavy (non-hydrogen) atoms. The maximum atomic E-state index is 12.0. The summed E-state index contributed by atoms with van der Waals surface area (Å²) in [5.41, 5.74) is 4.46. The van der Waals surface area contributed by atoms with Crippen LogP contribution in [0.25, 0.3) is 0 Å². The molecule has 1 aromatic heterocycles. The number of nitrogens with one attached hydrogen (secondary N) is 1. The van der Waals surface area contributed by atoms with Crippen molar-refractivity contribution in [2.75, 3.05) is 0 Å². The summed E-state index contributed by atoms with van der Waals surface area (Å²) in [6.07, 6.45) is 0.988. The monoisotopic (exact) mass is 285 g/mol. The van der Waals surface area contributed by atoms with Crippen LogP contribution >= 0.6 is 0 Å². The second kappa shape index (κ2) is 5.53. The molecule has 2 aromatic rings. The first-order valence-electron chi connectivity index (χ1n) is 6.26. The summed E-state index contributed by atoms with van der Waals surface area (Å²) in [6, 6.07) is 8.65. The fourth-order valence-electron chi connectivity index (χ4n) is 2.02. The molecule has 0 bridgehead atoms. The number of hydrogen-bond donors (Lipinski definition) is 2. The Bertz CT molecular complexity index is 720. The number of benzene rings is 1. The van der Waals surface area contributed by atoms with Crippen molar-refractivity contribution in [1.29, 1.82) is 0 Å². The fourth-order valence-corrected chi connectivity index (χ4v) is 2.02. The number of aromatic nitrogens is 2. The van der Waals surface area contributed by atoms with Gasteiger partial charge in [-0.15, -0.1) is 0 Å². The first kappa shape index (κ1) is 13.0. The summed E-state index contributed by atoms with van der Waals surface area (Å²) in [5.74, 6) is -0.371. The van der Waals surface area contributed by atoms with Gasteiger partial charge in [-0.05, 0) is 17.3 Å². The van der Waals surface area contributed by atoms with E-state index >= 15 is 0 Å². The fraction of sp³-hybridized carbons (Fsp3) is 0.154. The highest BCUT2D eigenvalue weighted by atomic mass is 16.6. The number of aryl methyl sites for hydroxylation is 1. The highest BCUT2D eigenvalue weighted by molar-refractivity contribution is 6.48. The second-order valence-electron chi connectivity index (χ2n) is 4.37. The van der Waals surface area contributed by atoms with E-state index in [1.165, 1.54) is 0 Å². The molecule has 0 spiro atoms. The molecule has 1 aliphatic carbocycles. The van der Waals surface area contributed by atoms with Crippen molar-refractivity contribution in [2.45, 2.75) is 12.8 Å². The van der Waals surface area contributed by atoms with Crippen molar-refractivity contribution in [2.24, 2.45) is 10.3 Å². The predicted molar refractivity (Wildman–Crippen MR) is 72.3 cm³/mol. The zero-order chi connectivity index (χ0) is 14.7. The average Bonchev–Trinajstić information content (AvgIpc) is 3.01. The van der Waals surface area contributed by atoms with Gasteiger partial charge >= 0.3 is 0 Å². The number of oxime groups is 1. The van der Waals surface area contributed by atoms with Gasteiger partial charge < -0.3 is 5.21 Å². The molecule has 0 fully saturated rings. The number of fused-ring (bicyclic) bond motifs is 1. The molecule has 1 aliphatic rings. The van der Waals surface area contributed by atoms with Crippen LogP contribution in [0.5, 0.6) is 0 Å². The van der Waals surface area contributed by atoms with Crippen molar-refractivity contribution in [3.8, 4) is 0 Å². The van der Waals surface area contributed by atoms with Crippen LogP contribution in [-0.2, 0) is 6.42 Å². The third-order valence-corrected chi connectivity index (χ3v) is 3.08. The maximum absolute atomic E-state index is 12.0. The van der Waals surface area contributed by atoms with Gasteiger partial charge in [-0.2, -0.15) is 5.10 Å². The lowest BCUT2D eigenvalue weighted by molar-refractivity contribution is 0.0955. The Hall–Kier alpha value is -3.03. The van der Waals surface area contributed by atoms with Gasteiger partial charge in [0.15, 0.2) is 5.69 Å². The lowest BCUT2D eigenvalue weighted by Crippen LogP contribution is -2.28. The molecular formula is C13H11N5O3. The number of carbonyl (C=O) groups excluding carboxylic acids is 1. The summed E-state index contributed by atoms with van der Waals surface area (Å²) in [4.78, 5) is 12.0. The zero-order valence-electron chi connectivity index (χ0n) is 10.9. The minimum atomic E-state index is -0.371. The molecule has 1 aromatic carbocycles. The van der Waals surface area contributed by atoms with E-state index in [-0.39, 0.29) is 11.6 Å². The molecule has 106 valence electrons. The Kier molecular flexibility index (Phi) is 3.42. The first-order valence-corrected chi connectivity index (χ1v) is 6.26. The van der Waals surface area contributed by atoms with Crippen LogP contribution in [0.1, 0.15) is 28.2 Å². The van der Waals surface area contributed by atoms with Gasteiger partial charge in [0, 0.05) is 18.4 Å². The normalized spacial score (nSPS) is 17.7. The van der Waals surface area contributed by atoms with Crippen LogP contribution in [-0.4, -0.2) is 32.9 Å². The van der Waals surface area contributed by atoms with Gasteiger partial charge in [-0.25, -0.2) is 10.1 Å². The number of amides is 1. The van der Waals surface area contributed by atoms with Gasteiger partial charge in [0.2, 0.25) is 0 Å². The van der Waals surface area contributed by atoms with E-state index in [1.54, 1.807) is 24.3 Å². The smallest absolute Gasteiger partial charge is 0.271 e. The standard InChI is InChI=1S/C13H11N5O3/c19-13(8-4-2-1-3-5-8)15-14-11-9(16-20)6-7-10-12(11)18-21-17-10/h1-5,20H,6-7H2,(H,15,19)/b14-11-,16-9-. The summed E-state index contributed by atoms with van der Waals surface area (Å²) in [5, 5.41) is 23.7. The molecule has 3 rings (SSSR count). The largest absolute Gasteiger partial charge is 0.411 e. The minimum Gasteiger partial charge on any atom is -0.411 e. The molecule has 2 N–H and O–H groups in total. The summed E-state index contributed by atoms with van der Waals surface area (Å²) >= 11 is 0. The summed E-state index contributed by atoms with van der Waals surface area (Å²) < 4.78 is 4.65. The number of carbonyl (C=O) groups is 1. The van der Waals surface area contributed by atoms with Gasteiger partial charge in [0.1, 0.15) is 17.1 Å². The minimum absolute atomic E-state index is 0.254. The molecule has 0 atom stereocenters. The predicted octanol–water partition coefficient (Wildman–Crippen LogP) is 0.980. The van der Waals surface area contributed by atoms with E-state index in [1.807, 2.05) is 6.07 Å². The molecule has 0 saturated carbocycles. The van der Waals surface area contributed by atoms with E-state index in [0.717, 1.165) is 0 Å². The van der Waals surface area contributed by atoms with E-state index in [9.17, 15) is 4.79 Å². The topological polar surface area (TPSA) is 113 Å². The Morgan fingerprint density at radius 2 is 2.05 bits per heavy atom. The Labute approximate surface area is 119 Å². The van der Waals surface area contributed by atoms with Crippen LogP contribution in [0.3, 0.4) is 0 Å². The Morgan fingerprint density at radius 1 is 1.24 bits per heavy atom. The quantitative estimate of drug-likeness (QED) is 0.630. The van der Waals surface area contributed by atoms with Crippen molar-refractivity contribution in [3.05, 3.63) is 47.3 Å². The first-order chi connectivity index (χ1) is 10.3. The number of hydrogen-bond acceptors (Lipinski definition) is 7. The number of rotatable bonds is 2. The molecular weight excluding hydrogens is 274 g/mol. The molecule has 8 heteroatoms. The lowest BCUT2D eigenvalue weighted by Gasteiger charge is -2.11. The van der Waals surface area contributed by atoms with Gasteiger partial charge in [-0.3, -0.25) is 4.79 Å². The van der Waals surface area contributed by atoms with Gasteiger partial charge in [-0.1, -0.05) is 28.5 Å². The number of hydrazone groups is 1. The molecule has 1 heterocycles. The zero-order valence-corrected chi connectivity index (χ0v) is 10.9. The van der Waals surface area contributed by atoms with Crippen molar-refractivity contribution in [1.82, 2.24) is 15.7 Å². The lowest BCUT2D eigenvalue weighted by atomic mass is 9.97.